The van der Waals surface area contributed by atoms with Crippen LogP contribution in [0.3, 0.4) is 0 Å². The minimum Gasteiger partial charge on any atom is -0.370 e. The predicted molar refractivity (Wildman–Crippen MR) is 81.2 cm³/mol. The summed E-state index contributed by atoms with van der Waals surface area (Å²) in [5.41, 5.74) is 0. The first-order valence-corrected chi connectivity index (χ1v) is 8.04. The zero-order chi connectivity index (χ0) is 14.2. The van der Waals surface area contributed by atoms with Gasteiger partial charge in [0.25, 0.3) is 0 Å². The summed E-state index contributed by atoms with van der Waals surface area (Å²) in [6.45, 7) is 7.45. The van der Waals surface area contributed by atoms with Crippen molar-refractivity contribution in [2.24, 2.45) is 0 Å². The van der Waals surface area contributed by atoms with Crippen LogP contribution in [0.1, 0.15) is 6.92 Å². The molecular weight excluding hydrogens is 272 g/mol. The number of amides is 1. The van der Waals surface area contributed by atoms with Crippen LogP contribution in [0.4, 0.5) is 0 Å². The lowest BCUT2D eigenvalue weighted by molar-refractivity contribution is -0.906. The van der Waals surface area contributed by atoms with Gasteiger partial charge in [0.1, 0.15) is 13.1 Å². The zero-order valence-electron chi connectivity index (χ0n) is 11.9. The van der Waals surface area contributed by atoms with E-state index in [4.69, 9.17) is 4.74 Å². The molecule has 1 aromatic rings. The average molecular weight is 295 g/mol. The quantitative estimate of drug-likeness (QED) is 0.737. The minimum absolute atomic E-state index is 0.0583. The third kappa shape index (κ3) is 5.15. The molecule has 1 fully saturated rings. The first-order chi connectivity index (χ1) is 9.75. The summed E-state index contributed by atoms with van der Waals surface area (Å²) >= 11 is 1.60. The lowest BCUT2D eigenvalue weighted by atomic mass is 10.4. The number of thioether (sulfide) groups is 1. The van der Waals surface area contributed by atoms with Crippen molar-refractivity contribution in [3.8, 4) is 0 Å². The number of nitrogens with one attached hydrogen (secondary N) is 2. The minimum atomic E-state index is -0.0583. The van der Waals surface area contributed by atoms with Gasteiger partial charge in [-0.2, -0.15) is 0 Å². The maximum Gasteiger partial charge on any atom is 0.233 e. The number of carbonyl (C=O) groups excluding carboxylic acids is 1. The van der Waals surface area contributed by atoms with Gasteiger partial charge in [-0.25, -0.2) is 0 Å². The van der Waals surface area contributed by atoms with Crippen LogP contribution in [-0.4, -0.2) is 50.5 Å². The summed E-state index contributed by atoms with van der Waals surface area (Å²) in [7, 11) is 0. The van der Waals surface area contributed by atoms with Crippen LogP contribution in [0, 0.1) is 0 Å². The first kappa shape index (κ1) is 15.4. The molecule has 0 bridgehead atoms. The van der Waals surface area contributed by atoms with Crippen molar-refractivity contribution >= 4 is 17.7 Å². The van der Waals surface area contributed by atoms with E-state index in [1.165, 1.54) is 4.90 Å². The van der Waals surface area contributed by atoms with Crippen molar-refractivity contribution in [3.63, 3.8) is 0 Å². The Labute approximate surface area is 124 Å². The standard InChI is InChI=1S/C15H22N2O2S/c1-13(20-14-5-3-2-4-6-14)15(18)16-7-8-17-9-11-19-12-10-17/h2-6,13H,7-12H2,1H3,(H,16,18)/p+1/t13-/m1/s1. The average Bonchev–Trinajstić information content (AvgIpc) is 2.49. The summed E-state index contributed by atoms with van der Waals surface area (Å²) in [6, 6.07) is 10.0. The second-order valence-electron chi connectivity index (χ2n) is 4.98. The highest BCUT2D eigenvalue weighted by molar-refractivity contribution is 8.00. The summed E-state index contributed by atoms with van der Waals surface area (Å²) in [5.74, 6) is 0.117. The third-order valence-corrected chi connectivity index (χ3v) is 4.51. The Morgan fingerprint density at radius 2 is 2.05 bits per heavy atom. The van der Waals surface area contributed by atoms with Crippen LogP contribution in [0.5, 0.6) is 0 Å². The molecule has 0 spiro atoms. The molecule has 5 heteroatoms. The lowest BCUT2D eigenvalue weighted by Gasteiger charge is -2.24. The fourth-order valence-electron chi connectivity index (χ4n) is 2.17. The van der Waals surface area contributed by atoms with E-state index in [1.54, 1.807) is 11.8 Å². The topological polar surface area (TPSA) is 42.8 Å². The molecule has 0 unspecified atom stereocenters. The first-order valence-electron chi connectivity index (χ1n) is 7.16. The lowest BCUT2D eigenvalue weighted by Crippen LogP contribution is -3.14. The van der Waals surface area contributed by atoms with Crippen LogP contribution in [-0.2, 0) is 9.53 Å². The zero-order valence-corrected chi connectivity index (χ0v) is 12.7. The molecule has 0 radical (unpaired) electrons. The highest BCUT2D eigenvalue weighted by Crippen LogP contribution is 2.22. The molecule has 1 aromatic carbocycles. The Balaban J connectivity index is 1.66. The van der Waals surface area contributed by atoms with E-state index in [0.717, 1.165) is 44.3 Å². The van der Waals surface area contributed by atoms with Crippen molar-refractivity contribution in [3.05, 3.63) is 30.3 Å². The smallest absolute Gasteiger partial charge is 0.233 e. The van der Waals surface area contributed by atoms with Gasteiger partial charge < -0.3 is 15.0 Å². The molecule has 20 heavy (non-hydrogen) atoms. The highest BCUT2D eigenvalue weighted by Gasteiger charge is 2.16. The Morgan fingerprint density at radius 1 is 1.35 bits per heavy atom. The van der Waals surface area contributed by atoms with Crippen molar-refractivity contribution in [2.45, 2.75) is 17.1 Å². The largest absolute Gasteiger partial charge is 0.370 e. The maximum atomic E-state index is 12.0. The van der Waals surface area contributed by atoms with Crippen LogP contribution >= 0.6 is 11.8 Å². The van der Waals surface area contributed by atoms with Crippen LogP contribution in [0.15, 0.2) is 35.2 Å². The van der Waals surface area contributed by atoms with Gasteiger partial charge in [0.2, 0.25) is 5.91 Å². The number of benzene rings is 1. The van der Waals surface area contributed by atoms with Crippen LogP contribution < -0.4 is 10.2 Å². The number of hydrogen-bond acceptors (Lipinski definition) is 3. The molecule has 0 aromatic heterocycles. The summed E-state index contributed by atoms with van der Waals surface area (Å²) in [4.78, 5) is 14.7. The SMILES string of the molecule is C[C@@H](Sc1ccccc1)C(=O)NCC[NH+]1CCOCC1. The number of morpholine rings is 1. The number of hydrogen-bond donors (Lipinski definition) is 2. The Hall–Kier alpha value is -1.04. The molecular formula is C15H23N2O2S+. The number of rotatable bonds is 6. The molecule has 1 heterocycles. The Bertz CT molecular complexity index is 408. The molecule has 1 aliphatic rings. The van der Waals surface area contributed by atoms with Gasteiger partial charge in [-0.05, 0) is 19.1 Å². The van der Waals surface area contributed by atoms with Gasteiger partial charge in [0.05, 0.1) is 31.6 Å². The second-order valence-corrected chi connectivity index (χ2v) is 6.39. The normalized spacial score (nSPS) is 17.6. The number of quaternary nitrogens is 1. The van der Waals surface area contributed by atoms with E-state index in [9.17, 15) is 4.79 Å². The van der Waals surface area contributed by atoms with E-state index in [0.29, 0.717) is 0 Å². The van der Waals surface area contributed by atoms with Gasteiger partial charge >= 0.3 is 0 Å². The summed E-state index contributed by atoms with van der Waals surface area (Å²) < 4.78 is 5.32. The highest BCUT2D eigenvalue weighted by atomic mass is 32.2. The van der Waals surface area contributed by atoms with E-state index >= 15 is 0 Å². The third-order valence-electron chi connectivity index (χ3n) is 3.40. The monoisotopic (exact) mass is 295 g/mol. The van der Waals surface area contributed by atoms with Crippen molar-refractivity contribution in [2.75, 3.05) is 39.4 Å². The Kier molecular flexibility index (Phi) is 6.36. The fraction of sp³-hybridized carbons (Fsp3) is 0.533. The molecule has 1 atom stereocenters. The number of ether oxygens (including phenoxy) is 1. The van der Waals surface area contributed by atoms with Crippen molar-refractivity contribution in [1.29, 1.82) is 0 Å². The van der Waals surface area contributed by atoms with Gasteiger partial charge in [-0.3, -0.25) is 4.79 Å². The summed E-state index contributed by atoms with van der Waals surface area (Å²) in [5, 5.41) is 2.97. The van der Waals surface area contributed by atoms with E-state index in [1.807, 2.05) is 37.3 Å². The molecule has 1 aliphatic heterocycles. The predicted octanol–water partition coefficient (Wildman–Crippen LogP) is 0.199. The Morgan fingerprint density at radius 3 is 2.75 bits per heavy atom. The van der Waals surface area contributed by atoms with Crippen LogP contribution in [0.2, 0.25) is 0 Å². The molecule has 110 valence electrons. The van der Waals surface area contributed by atoms with Crippen LogP contribution in [0.25, 0.3) is 0 Å². The molecule has 2 N–H and O–H groups in total. The molecule has 1 amide bonds. The van der Waals surface area contributed by atoms with Crippen molar-refractivity contribution < 1.29 is 14.4 Å². The molecule has 4 nitrogen and oxygen atoms in total. The van der Waals surface area contributed by atoms with Gasteiger partial charge in [-0.15, -0.1) is 11.8 Å². The van der Waals surface area contributed by atoms with E-state index in [-0.39, 0.29) is 11.2 Å². The molecule has 1 saturated heterocycles. The van der Waals surface area contributed by atoms with Gasteiger partial charge in [0, 0.05) is 4.90 Å². The molecule has 0 saturated carbocycles. The number of carbonyl (C=O) groups is 1. The van der Waals surface area contributed by atoms with E-state index in [2.05, 4.69) is 5.32 Å². The van der Waals surface area contributed by atoms with E-state index < -0.39 is 0 Å². The van der Waals surface area contributed by atoms with Crippen molar-refractivity contribution in [1.82, 2.24) is 5.32 Å². The summed E-state index contributed by atoms with van der Waals surface area (Å²) in [6.07, 6.45) is 0. The molecule has 2 rings (SSSR count). The maximum absolute atomic E-state index is 12.0. The van der Waals surface area contributed by atoms with Gasteiger partial charge in [-0.1, -0.05) is 18.2 Å². The fourth-order valence-corrected chi connectivity index (χ4v) is 3.09. The molecule has 0 aliphatic carbocycles. The van der Waals surface area contributed by atoms with Gasteiger partial charge in [0.15, 0.2) is 0 Å². The second kappa shape index (κ2) is 8.29.